The zero-order chi connectivity index (χ0) is 27.6. The van der Waals surface area contributed by atoms with Crippen LogP contribution in [0.3, 0.4) is 0 Å². The lowest BCUT2D eigenvalue weighted by Crippen LogP contribution is -2.62. The summed E-state index contributed by atoms with van der Waals surface area (Å²) < 4.78 is 6.00. The Hall–Kier alpha value is -5.31. The molecule has 4 aromatic carbocycles. The Morgan fingerprint density at radius 1 is 0.700 bits per heavy atom. The minimum atomic E-state index is -1.24. The Morgan fingerprint density at radius 2 is 1.20 bits per heavy atom. The molecule has 9 heteroatoms. The third-order valence-corrected chi connectivity index (χ3v) is 7.03. The molecule has 2 aliphatic heterocycles. The molecule has 0 bridgehead atoms. The summed E-state index contributed by atoms with van der Waals surface area (Å²) in [6.07, 6.45) is 0. The van der Waals surface area contributed by atoms with Crippen molar-refractivity contribution in [3.8, 4) is 11.5 Å². The van der Waals surface area contributed by atoms with Gasteiger partial charge in [-0.1, -0.05) is 60.7 Å². The molecule has 0 spiro atoms. The molecule has 0 unspecified atom stereocenters. The van der Waals surface area contributed by atoms with Gasteiger partial charge in [-0.3, -0.25) is 9.80 Å². The summed E-state index contributed by atoms with van der Waals surface area (Å²) in [4.78, 5) is 46.3. The molecular weight excluding hydrogens is 508 g/mol. The molecule has 0 saturated carbocycles. The number of piperazine rings is 1. The van der Waals surface area contributed by atoms with Crippen molar-refractivity contribution in [3.63, 3.8) is 0 Å². The molecule has 1 saturated heterocycles. The number of anilines is 4. The van der Waals surface area contributed by atoms with Crippen LogP contribution in [0.25, 0.3) is 0 Å². The fraction of sp³-hybridized carbons (Fsp3) is 0.129. The maximum atomic E-state index is 14.0. The van der Waals surface area contributed by atoms with Crippen LogP contribution in [-0.2, 0) is 4.79 Å². The number of benzene rings is 4. The summed E-state index contributed by atoms with van der Waals surface area (Å²) in [6.45, 7) is 0.0395. The predicted octanol–water partition coefficient (Wildman–Crippen LogP) is 6.08. The average Bonchev–Trinajstić information content (AvgIpc) is 3.00. The van der Waals surface area contributed by atoms with Crippen molar-refractivity contribution in [2.24, 2.45) is 0 Å². The normalized spacial score (nSPS) is 15.9. The molecule has 4 amide bonds. The van der Waals surface area contributed by atoms with E-state index in [0.29, 0.717) is 34.2 Å². The lowest BCUT2D eigenvalue weighted by molar-refractivity contribution is -0.143. The second-order valence-corrected chi connectivity index (χ2v) is 9.44. The van der Waals surface area contributed by atoms with Gasteiger partial charge in [0.2, 0.25) is 0 Å². The number of para-hydroxylation sites is 6. The maximum Gasteiger partial charge on any atom is 0.329 e. The number of urea groups is 2. The molecule has 9 nitrogen and oxygen atoms in total. The number of aliphatic carboxylic acids is 1. The Bertz CT molecular complexity index is 1480. The number of hydrogen-bond donors (Lipinski definition) is 1. The van der Waals surface area contributed by atoms with E-state index >= 15 is 0 Å². The van der Waals surface area contributed by atoms with E-state index in [1.54, 1.807) is 53.4 Å². The molecule has 1 N–H and O–H groups in total. The fourth-order valence-electron chi connectivity index (χ4n) is 5.10. The van der Waals surface area contributed by atoms with Gasteiger partial charge >= 0.3 is 18.0 Å². The molecule has 2 aliphatic rings. The van der Waals surface area contributed by atoms with Crippen molar-refractivity contribution in [2.75, 3.05) is 29.4 Å². The van der Waals surface area contributed by atoms with Gasteiger partial charge in [-0.15, -0.1) is 0 Å². The van der Waals surface area contributed by atoms with Crippen molar-refractivity contribution >= 4 is 40.8 Å². The Morgan fingerprint density at radius 3 is 1.73 bits per heavy atom. The van der Waals surface area contributed by atoms with Gasteiger partial charge in [-0.25, -0.2) is 14.4 Å². The number of carbonyl (C=O) groups excluding carboxylic acids is 2. The first kappa shape index (κ1) is 25.0. The molecule has 1 fully saturated rings. The van der Waals surface area contributed by atoms with Crippen molar-refractivity contribution in [2.45, 2.75) is 6.04 Å². The van der Waals surface area contributed by atoms with Crippen LogP contribution in [0, 0.1) is 0 Å². The van der Waals surface area contributed by atoms with Crippen molar-refractivity contribution in [3.05, 3.63) is 109 Å². The summed E-state index contributed by atoms with van der Waals surface area (Å²) in [5.41, 5.74) is 2.36. The number of amides is 4. The van der Waals surface area contributed by atoms with E-state index in [1.165, 1.54) is 14.7 Å². The molecule has 200 valence electrons. The van der Waals surface area contributed by atoms with Gasteiger partial charge < -0.3 is 19.6 Å². The molecule has 0 radical (unpaired) electrons. The minimum absolute atomic E-state index is 0.0470. The number of carboxylic acids is 1. The molecule has 40 heavy (non-hydrogen) atoms. The topological polar surface area (TPSA) is 93.6 Å². The first-order chi connectivity index (χ1) is 19.5. The summed E-state index contributed by atoms with van der Waals surface area (Å²) in [7, 11) is 0. The minimum Gasteiger partial charge on any atom is -0.480 e. The quantitative estimate of drug-likeness (QED) is 0.344. The number of carbonyl (C=O) groups is 3. The van der Waals surface area contributed by atoms with E-state index in [1.807, 2.05) is 60.7 Å². The smallest absolute Gasteiger partial charge is 0.329 e. The van der Waals surface area contributed by atoms with E-state index in [2.05, 4.69) is 0 Å². The number of ether oxygens (including phenoxy) is 1. The zero-order valence-corrected chi connectivity index (χ0v) is 21.5. The van der Waals surface area contributed by atoms with E-state index < -0.39 is 18.0 Å². The number of nitrogens with zero attached hydrogens (tertiary/aromatic N) is 4. The van der Waals surface area contributed by atoms with E-state index in [4.69, 9.17) is 4.74 Å². The van der Waals surface area contributed by atoms with Gasteiger partial charge in [-0.05, 0) is 48.5 Å². The van der Waals surface area contributed by atoms with E-state index in [9.17, 15) is 19.5 Å². The molecule has 1 atom stereocenters. The van der Waals surface area contributed by atoms with Gasteiger partial charge in [0.1, 0.15) is 6.04 Å². The van der Waals surface area contributed by atoms with Crippen LogP contribution >= 0.6 is 0 Å². The molecule has 0 aromatic heterocycles. The Balaban J connectivity index is 1.30. The van der Waals surface area contributed by atoms with E-state index in [0.717, 1.165) is 0 Å². The van der Waals surface area contributed by atoms with Crippen molar-refractivity contribution in [1.29, 1.82) is 0 Å². The van der Waals surface area contributed by atoms with Crippen LogP contribution in [0.15, 0.2) is 109 Å². The van der Waals surface area contributed by atoms with E-state index in [-0.39, 0.29) is 25.7 Å². The third-order valence-electron chi connectivity index (χ3n) is 7.03. The molecule has 4 aromatic rings. The maximum absolute atomic E-state index is 14.0. The van der Waals surface area contributed by atoms with Gasteiger partial charge in [0.05, 0.1) is 29.3 Å². The van der Waals surface area contributed by atoms with Crippen LogP contribution in [0.5, 0.6) is 11.5 Å². The first-order valence-electron chi connectivity index (χ1n) is 12.9. The monoisotopic (exact) mass is 534 g/mol. The van der Waals surface area contributed by atoms with Gasteiger partial charge in [0, 0.05) is 13.1 Å². The highest BCUT2D eigenvalue weighted by Crippen LogP contribution is 2.46. The highest BCUT2D eigenvalue weighted by molar-refractivity contribution is 6.04. The summed E-state index contributed by atoms with van der Waals surface area (Å²) in [5, 5.41) is 10.2. The van der Waals surface area contributed by atoms with Gasteiger partial charge in [0.25, 0.3) is 0 Å². The SMILES string of the molecule is O=C(O)[C@@H]1CN(C(=O)N2c3ccccc3Oc3ccccc32)CCN1C(=O)N(c1ccccc1)c1ccccc1. The number of carboxylic acid groups (broad SMARTS) is 1. The highest BCUT2D eigenvalue weighted by Gasteiger charge is 2.42. The van der Waals surface area contributed by atoms with Crippen molar-refractivity contribution in [1.82, 2.24) is 9.80 Å². The van der Waals surface area contributed by atoms with Crippen LogP contribution in [-0.4, -0.2) is 58.6 Å². The number of rotatable bonds is 3. The first-order valence-corrected chi connectivity index (χ1v) is 12.9. The van der Waals surface area contributed by atoms with Crippen molar-refractivity contribution < 1.29 is 24.2 Å². The summed E-state index contributed by atoms with van der Waals surface area (Å²) in [6, 6.07) is 30.5. The Labute approximate surface area is 231 Å². The lowest BCUT2D eigenvalue weighted by Gasteiger charge is -2.43. The molecule has 0 aliphatic carbocycles. The average molecular weight is 535 g/mol. The van der Waals surface area contributed by atoms with Crippen LogP contribution in [0.4, 0.5) is 32.3 Å². The second kappa shape index (κ2) is 10.5. The largest absolute Gasteiger partial charge is 0.480 e. The standard InChI is InChI=1S/C31H26N4O5/c36-29(37)26-21-32(30(38)35-24-15-7-9-17-27(24)40-28-18-10-8-16-25(28)35)19-20-33(26)31(39)34(22-11-3-1-4-12-22)23-13-5-2-6-14-23/h1-18,26H,19-21H2,(H,36,37)/t26-/m0/s1. The van der Waals surface area contributed by atoms with Gasteiger partial charge in [-0.2, -0.15) is 0 Å². The summed E-state index contributed by atoms with van der Waals surface area (Å²) >= 11 is 0. The summed E-state index contributed by atoms with van der Waals surface area (Å²) in [5.74, 6) is -0.131. The Kier molecular flexibility index (Phi) is 6.53. The van der Waals surface area contributed by atoms with Crippen LogP contribution in [0.2, 0.25) is 0 Å². The number of hydrogen-bond acceptors (Lipinski definition) is 4. The van der Waals surface area contributed by atoms with Crippen LogP contribution < -0.4 is 14.5 Å². The van der Waals surface area contributed by atoms with Crippen LogP contribution in [0.1, 0.15) is 0 Å². The number of fused-ring (bicyclic) bond motifs is 2. The zero-order valence-electron chi connectivity index (χ0n) is 21.5. The van der Waals surface area contributed by atoms with Gasteiger partial charge in [0.15, 0.2) is 11.5 Å². The predicted molar refractivity (Wildman–Crippen MR) is 151 cm³/mol. The highest BCUT2D eigenvalue weighted by atomic mass is 16.5. The third kappa shape index (κ3) is 4.47. The lowest BCUT2D eigenvalue weighted by atomic mass is 10.1. The molecule has 2 heterocycles. The molecule has 6 rings (SSSR count). The second-order valence-electron chi connectivity index (χ2n) is 9.44. The fourth-order valence-corrected chi connectivity index (χ4v) is 5.10. The molecular formula is C31H26N4O5.